The van der Waals surface area contributed by atoms with Crippen molar-refractivity contribution in [2.24, 2.45) is 5.92 Å². The third-order valence-corrected chi connectivity index (χ3v) is 2.95. The quantitative estimate of drug-likeness (QED) is 0.764. The van der Waals surface area contributed by atoms with Gasteiger partial charge in [0.2, 0.25) is 5.91 Å². The normalized spacial score (nSPS) is 12.8. The summed E-state index contributed by atoms with van der Waals surface area (Å²) in [6.07, 6.45) is 0. The van der Waals surface area contributed by atoms with E-state index in [1.54, 1.807) is 0 Å². The van der Waals surface area contributed by atoms with Gasteiger partial charge in [0, 0.05) is 30.6 Å². The van der Waals surface area contributed by atoms with E-state index in [0.717, 1.165) is 18.1 Å². The minimum Gasteiger partial charge on any atom is -0.466 e. The van der Waals surface area contributed by atoms with Gasteiger partial charge in [-0.15, -0.1) is 0 Å². The zero-order chi connectivity index (χ0) is 13.7. The first kappa shape index (κ1) is 14.8. The van der Waals surface area contributed by atoms with E-state index < -0.39 is 0 Å². The molecule has 1 atom stereocenters. The van der Waals surface area contributed by atoms with E-state index in [4.69, 9.17) is 4.42 Å². The molecule has 102 valence electrons. The molecule has 1 heterocycles. The van der Waals surface area contributed by atoms with E-state index in [1.807, 2.05) is 27.7 Å². The predicted octanol–water partition coefficient (Wildman–Crippen LogP) is 2.32. The van der Waals surface area contributed by atoms with Crippen LogP contribution in [0.4, 0.5) is 0 Å². The van der Waals surface area contributed by atoms with Crippen LogP contribution in [0, 0.1) is 19.8 Å². The summed E-state index contributed by atoms with van der Waals surface area (Å²) in [6.45, 7) is 11.2. The van der Waals surface area contributed by atoms with Crippen molar-refractivity contribution in [3.63, 3.8) is 0 Å². The van der Waals surface area contributed by atoms with Crippen molar-refractivity contribution < 1.29 is 9.21 Å². The number of furan rings is 1. The molecule has 4 nitrogen and oxygen atoms in total. The second kappa shape index (κ2) is 6.59. The van der Waals surface area contributed by atoms with Crippen LogP contribution in [-0.4, -0.2) is 19.0 Å². The van der Waals surface area contributed by atoms with E-state index >= 15 is 0 Å². The van der Waals surface area contributed by atoms with E-state index in [9.17, 15) is 4.79 Å². The zero-order valence-electron chi connectivity index (χ0n) is 12.0. The number of amides is 1. The fourth-order valence-electron chi connectivity index (χ4n) is 1.87. The van der Waals surface area contributed by atoms with E-state index in [-0.39, 0.29) is 17.9 Å². The predicted molar refractivity (Wildman–Crippen MR) is 72.4 cm³/mol. The molecule has 0 saturated heterocycles. The minimum absolute atomic E-state index is 0.0428. The Morgan fingerprint density at radius 2 is 1.94 bits per heavy atom. The molecule has 1 aromatic heterocycles. The van der Waals surface area contributed by atoms with Crippen LogP contribution in [-0.2, 0) is 4.79 Å². The highest BCUT2D eigenvalue weighted by Gasteiger charge is 2.12. The fraction of sp³-hybridized carbons (Fsp3) is 0.643. The standard InChI is InChI=1S/C14H24N2O2/c1-9(2)14(17)16-7-6-15-11(4)13-8-10(3)18-12(13)5/h8-9,11,15H,6-7H2,1-5H3,(H,16,17). The van der Waals surface area contributed by atoms with Crippen molar-refractivity contribution in [2.75, 3.05) is 13.1 Å². The molecule has 0 aliphatic carbocycles. The molecule has 0 radical (unpaired) electrons. The maximum Gasteiger partial charge on any atom is 0.222 e. The maximum atomic E-state index is 11.4. The lowest BCUT2D eigenvalue weighted by atomic mass is 10.1. The van der Waals surface area contributed by atoms with Gasteiger partial charge in [-0.3, -0.25) is 4.79 Å². The number of hydrogen-bond acceptors (Lipinski definition) is 3. The van der Waals surface area contributed by atoms with Gasteiger partial charge in [0.05, 0.1) is 0 Å². The molecular weight excluding hydrogens is 228 g/mol. The lowest BCUT2D eigenvalue weighted by Gasteiger charge is -2.14. The molecule has 1 unspecified atom stereocenters. The van der Waals surface area contributed by atoms with Gasteiger partial charge in [-0.1, -0.05) is 13.8 Å². The molecule has 0 fully saturated rings. The number of rotatable bonds is 6. The van der Waals surface area contributed by atoms with E-state index in [1.165, 1.54) is 5.56 Å². The van der Waals surface area contributed by atoms with Crippen LogP contribution in [0.1, 0.15) is 43.9 Å². The lowest BCUT2D eigenvalue weighted by molar-refractivity contribution is -0.123. The Balaban J connectivity index is 2.32. The third-order valence-electron chi connectivity index (χ3n) is 2.95. The highest BCUT2D eigenvalue weighted by atomic mass is 16.3. The van der Waals surface area contributed by atoms with Crippen LogP contribution < -0.4 is 10.6 Å². The molecule has 1 amide bonds. The molecule has 0 spiro atoms. The second-order valence-corrected chi connectivity index (χ2v) is 4.99. The molecule has 1 rings (SSSR count). The summed E-state index contributed by atoms with van der Waals surface area (Å²) in [7, 11) is 0. The molecule has 0 saturated carbocycles. The molecule has 0 aromatic carbocycles. The summed E-state index contributed by atoms with van der Waals surface area (Å²) in [4.78, 5) is 11.4. The van der Waals surface area contributed by atoms with E-state index in [2.05, 4.69) is 23.6 Å². The van der Waals surface area contributed by atoms with Crippen LogP contribution >= 0.6 is 0 Å². The van der Waals surface area contributed by atoms with Crippen molar-refractivity contribution in [3.8, 4) is 0 Å². The molecule has 4 heteroatoms. The molecule has 0 aliphatic rings. The molecular formula is C14H24N2O2. The van der Waals surface area contributed by atoms with Gasteiger partial charge >= 0.3 is 0 Å². The Morgan fingerprint density at radius 1 is 1.28 bits per heavy atom. The Kier molecular flexibility index (Phi) is 5.41. The first-order chi connectivity index (χ1) is 8.41. The first-order valence-electron chi connectivity index (χ1n) is 6.49. The largest absolute Gasteiger partial charge is 0.466 e. The monoisotopic (exact) mass is 252 g/mol. The Hall–Kier alpha value is -1.29. The van der Waals surface area contributed by atoms with Crippen molar-refractivity contribution in [1.82, 2.24) is 10.6 Å². The Labute approximate surface area is 109 Å². The molecule has 18 heavy (non-hydrogen) atoms. The number of hydrogen-bond donors (Lipinski definition) is 2. The zero-order valence-corrected chi connectivity index (χ0v) is 12.0. The smallest absolute Gasteiger partial charge is 0.222 e. The first-order valence-corrected chi connectivity index (χ1v) is 6.49. The van der Waals surface area contributed by atoms with Gasteiger partial charge in [-0.2, -0.15) is 0 Å². The van der Waals surface area contributed by atoms with Crippen LogP contribution in [0.3, 0.4) is 0 Å². The maximum absolute atomic E-state index is 11.4. The summed E-state index contributed by atoms with van der Waals surface area (Å²) in [5.74, 6) is 2.03. The Morgan fingerprint density at radius 3 is 2.44 bits per heavy atom. The number of carbonyl (C=O) groups excluding carboxylic acids is 1. The van der Waals surface area contributed by atoms with E-state index in [0.29, 0.717) is 6.54 Å². The second-order valence-electron chi connectivity index (χ2n) is 4.99. The van der Waals surface area contributed by atoms with Gasteiger partial charge in [0.1, 0.15) is 11.5 Å². The van der Waals surface area contributed by atoms with Crippen LogP contribution in [0.15, 0.2) is 10.5 Å². The van der Waals surface area contributed by atoms with Gasteiger partial charge in [0.25, 0.3) is 0 Å². The summed E-state index contributed by atoms with van der Waals surface area (Å²) in [5, 5.41) is 6.26. The molecule has 0 bridgehead atoms. The highest BCUT2D eigenvalue weighted by molar-refractivity contribution is 5.77. The van der Waals surface area contributed by atoms with Gasteiger partial charge < -0.3 is 15.1 Å². The summed E-state index contributed by atoms with van der Waals surface area (Å²) in [5.41, 5.74) is 1.18. The summed E-state index contributed by atoms with van der Waals surface area (Å²) >= 11 is 0. The van der Waals surface area contributed by atoms with Crippen molar-refractivity contribution in [1.29, 1.82) is 0 Å². The lowest BCUT2D eigenvalue weighted by Crippen LogP contribution is -2.35. The van der Waals surface area contributed by atoms with Gasteiger partial charge in [-0.05, 0) is 26.8 Å². The van der Waals surface area contributed by atoms with Crippen molar-refractivity contribution >= 4 is 5.91 Å². The highest BCUT2D eigenvalue weighted by Crippen LogP contribution is 2.20. The number of carbonyl (C=O) groups is 1. The summed E-state index contributed by atoms with van der Waals surface area (Å²) < 4.78 is 5.50. The van der Waals surface area contributed by atoms with Crippen molar-refractivity contribution in [3.05, 3.63) is 23.2 Å². The van der Waals surface area contributed by atoms with Crippen LogP contribution in [0.2, 0.25) is 0 Å². The van der Waals surface area contributed by atoms with Gasteiger partial charge in [-0.25, -0.2) is 0 Å². The van der Waals surface area contributed by atoms with Crippen LogP contribution in [0.5, 0.6) is 0 Å². The Bertz CT molecular complexity index is 396. The fourth-order valence-corrected chi connectivity index (χ4v) is 1.87. The third kappa shape index (κ3) is 4.18. The average molecular weight is 252 g/mol. The summed E-state index contributed by atoms with van der Waals surface area (Å²) in [6, 6.07) is 2.29. The van der Waals surface area contributed by atoms with Gasteiger partial charge in [0.15, 0.2) is 0 Å². The number of nitrogens with one attached hydrogen (secondary N) is 2. The topological polar surface area (TPSA) is 54.3 Å². The molecule has 1 aromatic rings. The SMILES string of the molecule is Cc1cc(C(C)NCCNC(=O)C(C)C)c(C)o1. The van der Waals surface area contributed by atoms with Crippen LogP contribution in [0.25, 0.3) is 0 Å². The number of aryl methyl sites for hydroxylation is 2. The molecule has 0 aliphatic heterocycles. The average Bonchev–Trinajstić information content (AvgIpc) is 2.63. The minimum atomic E-state index is 0.0428. The molecule has 2 N–H and O–H groups in total. The van der Waals surface area contributed by atoms with Crippen molar-refractivity contribution in [2.45, 2.75) is 40.7 Å².